The fourth-order valence-corrected chi connectivity index (χ4v) is 8.01. The number of rotatable bonds is 6. The molecule has 0 saturated heterocycles. The molecule has 2 aromatic heterocycles. The number of carbonyl (C=O) groups excluding carboxylic acids is 1. The summed E-state index contributed by atoms with van der Waals surface area (Å²) in [6, 6.07) is 23.1. The fourth-order valence-electron chi connectivity index (χ4n) is 4.41. The van der Waals surface area contributed by atoms with Gasteiger partial charge in [0.05, 0.1) is 27.0 Å². The van der Waals surface area contributed by atoms with Crippen molar-refractivity contribution in [2.75, 3.05) is 15.9 Å². The first-order valence-electron chi connectivity index (χ1n) is 12.1. The number of hydrazone groups is 1. The van der Waals surface area contributed by atoms with Gasteiger partial charge in [0, 0.05) is 21.5 Å². The zero-order valence-corrected chi connectivity index (χ0v) is 24.4. The van der Waals surface area contributed by atoms with Crippen LogP contribution >= 0.6 is 38.6 Å². The van der Waals surface area contributed by atoms with Crippen LogP contribution in [0.1, 0.15) is 27.2 Å². The number of hydrogen-bond acceptors (Lipinski definition) is 7. The fraction of sp³-hybridized carbons (Fsp3) is 0.107. The van der Waals surface area contributed by atoms with Gasteiger partial charge in [-0.05, 0) is 78.4 Å². The number of thiophene rings is 1. The summed E-state index contributed by atoms with van der Waals surface area (Å²) in [5, 5.41) is 8.10. The number of para-hydroxylation sites is 1. The van der Waals surface area contributed by atoms with Crippen molar-refractivity contribution in [2.45, 2.75) is 17.7 Å². The number of fused-ring (bicyclic) bond motifs is 2. The summed E-state index contributed by atoms with van der Waals surface area (Å²) >= 11 is 6.34. The van der Waals surface area contributed by atoms with E-state index in [0.717, 1.165) is 38.0 Å². The summed E-state index contributed by atoms with van der Waals surface area (Å²) in [5.74, 6) is -0.409. The van der Waals surface area contributed by atoms with Gasteiger partial charge in [-0.3, -0.25) is 9.10 Å². The molecule has 0 saturated carbocycles. The molecule has 1 amide bonds. The Kier molecular flexibility index (Phi) is 7.06. The molecular formula is C28H21BrN4O3S3. The van der Waals surface area contributed by atoms with Gasteiger partial charge in [0.2, 0.25) is 5.13 Å². The van der Waals surface area contributed by atoms with Gasteiger partial charge in [0.1, 0.15) is 0 Å². The highest BCUT2D eigenvalue weighted by Crippen LogP contribution is 2.34. The van der Waals surface area contributed by atoms with Gasteiger partial charge in [-0.25, -0.2) is 13.4 Å². The summed E-state index contributed by atoms with van der Waals surface area (Å²) < 4.78 is 30.4. The molecule has 6 rings (SSSR count). The van der Waals surface area contributed by atoms with Crippen molar-refractivity contribution < 1.29 is 13.2 Å². The van der Waals surface area contributed by atoms with E-state index < -0.39 is 15.9 Å². The number of aromatic nitrogens is 1. The molecule has 1 aliphatic heterocycles. The predicted octanol–water partition coefficient (Wildman–Crippen LogP) is 6.94. The smallest absolute Gasteiger partial charge is 0.267 e. The highest BCUT2D eigenvalue weighted by molar-refractivity contribution is 9.10. The molecule has 1 aliphatic rings. The first-order valence-corrected chi connectivity index (χ1v) is 16.0. The van der Waals surface area contributed by atoms with Crippen molar-refractivity contribution in [3.05, 3.63) is 105 Å². The van der Waals surface area contributed by atoms with Gasteiger partial charge in [0.15, 0.2) is 0 Å². The Hall–Kier alpha value is -3.38. The van der Waals surface area contributed by atoms with E-state index in [1.807, 2.05) is 60.0 Å². The quantitative estimate of drug-likeness (QED) is 0.149. The van der Waals surface area contributed by atoms with E-state index in [1.54, 1.807) is 6.21 Å². The van der Waals surface area contributed by atoms with Crippen LogP contribution in [0.3, 0.4) is 0 Å². The summed E-state index contributed by atoms with van der Waals surface area (Å²) in [7, 11) is -3.79. The number of aryl methyl sites for hydroxylation is 1. The van der Waals surface area contributed by atoms with Gasteiger partial charge in [0.25, 0.3) is 15.9 Å². The first kappa shape index (κ1) is 25.9. The Balaban J connectivity index is 1.33. The first-order chi connectivity index (χ1) is 18.9. The Morgan fingerprint density at radius 3 is 2.67 bits per heavy atom. The molecule has 0 N–H and O–H groups in total. The van der Waals surface area contributed by atoms with Crippen molar-refractivity contribution >= 4 is 81.8 Å². The second-order valence-corrected chi connectivity index (χ2v) is 13.6. The number of halogens is 1. The van der Waals surface area contributed by atoms with Crippen molar-refractivity contribution in [3.63, 3.8) is 0 Å². The average Bonchev–Trinajstić information content (AvgIpc) is 3.62. The number of hydrogen-bond donors (Lipinski definition) is 0. The topological polar surface area (TPSA) is 82.9 Å². The van der Waals surface area contributed by atoms with E-state index in [9.17, 15) is 13.2 Å². The van der Waals surface area contributed by atoms with E-state index in [4.69, 9.17) is 0 Å². The molecule has 39 heavy (non-hydrogen) atoms. The lowest BCUT2D eigenvalue weighted by molar-refractivity contribution is 0.0987. The van der Waals surface area contributed by atoms with E-state index in [1.165, 1.54) is 56.3 Å². The Labute approximate surface area is 242 Å². The number of sulfonamides is 1. The molecule has 0 spiro atoms. The number of benzene rings is 3. The number of anilines is 2. The Morgan fingerprint density at radius 1 is 1.05 bits per heavy atom. The Bertz CT molecular complexity index is 1800. The molecule has 5 aromatic rings. The molecule has 0 aliphatic carbocycles. The average molecular weight is 638 g/mol. The van der Waals surface area contributed by atoms with Crippen LogP contribution in [0.15, 0.2) is 98.7 Å². The molecule has 0 bridgehead atoms. The third-order valence-corrected chi connectivity index (χ3v) is 10.4. The lowest BCUT2D eigenvalue weighted by Crippen LogP contribution is -2.35. The van der Waals surface area contributed by atoms with Crippen LogP contribution in [0.4, 0.5) is 10.8 Å². The van der Waals surface area contributed by atoms with E-state index in [2.05, 4.69) is 26.0 Å². The molecule has 11 heteroatoms. The lowest BCUT2D eigenvalue weighted by atomic mass is 10.0. The molecule has 0 atom stereocenters. The largest absolute Gasteiger partial charge is 0.280 e. The molecule has 0 unspecified atom stereocenters. The van der Waals surface area contributed by atoms with E-state index in [0.29, 0.717) is 22.9 Å². The van der Waals surface area contributed by atoms with Crippen molar-refractivity contribution in [1.82, 2.24) is 4.98 Å². The summed E-state index contributed by atoms with van der Waals surface area (Å²) in [4.78, 5) is 19.3. The number of nitrogens with zero attached hydrogens (tertiary/aromatic N) is 4. The van der Waals surface area contributed by atoms with Crippen molar-refractivity contribution in [1.29, 1.82) is 0 Å². The van der Waals surface area contributed by atoms with Crippen LogP contribution in [0, 0.1) is 0 Å². The van der Waals surface area contributed by atoms with E-state index in [-0.39, 0.29) is 4.90 Å². The van der Waals surface area contributed by atoms with Crippen LogP contribution < -0.4 is 9.31 Å². The molecule has 7 nitrogen and oxygen atoms in total. The minimum Gasteiger partial charge on any atom is -0.267 e. The molecule has 3 aromatic carbocycles. The third-order valence-electron chi connectivity index (χ3n) is 6.31. The van der Waals surface area contributed by atoms with Gasteiger partial charge in [-0.2, -0.15) is 10.1 Å². The molecule has 196 valence electrons. The van der Waals surface area contributed by atoms with Crippen LogP contribution in [0.25, 0.3) is 10.2 Å². The number of amides is 1. The molecule has 0 radical (unpaired) electrons. The standard InChI is InChI=1S/C28H21BrN4O3S3/c29-21-11-14-24-26(17-21)38-28(31-24)33(30-18-22-7-4-16-37-22)27(34)20-9-12-23(13-10-20)39(35,36)32-15-3-6-19-5-1-2-8-25(19)32/h1-2,4-5,7-14,16-18H,3,6,15H2/b30-18+. The van der Waals surface area contributed by atoms with Crippen LogP contribution in [0.2, 0.25) is 0 Å². The van der Waals surface area contributed by atoms with Crippen LogP contribution in [-0.2, 0) is 16.4 Å². The minimum absolute atomic E-state index is 0.134. The zero-order valence-electron chi connectivity index (χ0n) is 20.4. The van der Waals surface area contributed by atoms with Gasteiger partial charge in [-0.1, -0.05) is 51.5 Å². The summed E-state index contributed by atoms with van der Waals surface area (Å²) in [6.07, 6.45) is 3.22. The maximum Gasteiger partial charge on any atom is 0.280 e. The second-order valence-electron chi connectivity index (χ2n) is 8.82. The van der Waals surface area contributed by atoms with Gasteiger partial charge in [-0.15, -0.1) is 11.3 Å². The van der Waals surface area contributed by atoms with Crippen molar-refractivity contribution in [3.8, 4) is 0 Å². The maximum absolute atomic E-state index is 13.7. The summed E-state index contributed by atoms with van der Waals surface area (Å²) in [5.41, 5.74) is 2.78. The minimum atomic E-state index is -3.79. The highest BCUT2D eigenvalue weighted by atomic mass is 79.9. The molecule has 0 fully saturated rings. The van der Waals surface area contributed by atoms with Crippen LogP contribution in [-0.4, -0.2) is 32.1 Å². The number of carbonyl (C=O) groups is 1. The molecule has 3 heterocycles. The highest BCUT2D eigenvalue weighted by Gasteiger charge is 2.29. The van der Waals surface area contributed by atoms with Gasteiger partial charge >= 0.3 is 0 Å². The predicted molar refractivity (Wildman–Crippen MR) is 162 cm³/mol. The SMILES string of the molecule is O=C(c1ccc(S(=O)(=O)N2CCCc3ccccc32)cc1)N(/N=C/c1cccs1)c1nc2ccc(Br)cc2s1. The monoisotopic (exact) mass is 636 g/mol. The zero-order chi connectivity index (χ0) is 27.0. The number of thiazole rings is 1. The Morgan fingerprint density at radius 2 is 1.87 bits per heavy atom. The molecular weight excluding hydrogens is 616 g/mol. The normalized spacial score (nSPS) is 13.6. The van der Waals surface area contributed by atoms with Gasteiger partial charge < -0.3 is 0 Å². The second kappa shape index (κ2) is 10.6. The van der Waals surface area contributed by atoms with Crippen molar-refractivity contribution in [2.24, 2.45) is 5.10 Å². The lowest BCUT2D eigenvalue weighted by Gasteiger charge is -2.30. The maximum atomic E-state index is 13.7. The van der Waals surface area contributed by atoms with Crippen LogP contribution in [0.5, 0.6) is 0 Å². The summed E-state index contributed by atoms with van der Waals surface area (Å²) in [6.45, 7) is 0.416. The third kappa shape index (κ3) is 5.14. The van der Waals surface area contributed by atoms with E-state index >= 15 is 0 Å².